The number of amides is 1. The van der Waals surface area contributed by atoms with Gasteiger partial charge in [0.25, 0.3) is 5.91 Å². The molecule has 0 atom stereocenters. The van der Waals surface area contributed by atoms with Gasteiger partial charge in [-0.1, -0.05) is 18.2 Å². The first-order valence-corrected chi connectivity index (χ1v) is 10.1. The molecule has 0 unspecified atom stereocenters. The number of halogens is 1. The van der Waals surface area contributed by atoms with Crippen LogP contribution in [0.15, 0.2) is 42.5 Å². The van der Waals surface area contributed by atoms with Crippen molar-refractivity contribution in [3.05, 3.63) is 70.5 Å². The maximum atomic E-state index is 13.1. The molecule has 0 saturated carbocycles. The lowest BCUT2D eigenvalue weighted by Gasteiger charge is -2.23. The minimum atomic E-state index is -0.198. The van der Waals surface area contributed by atoms with Crippen molar-refractivity contribution in [2.45, 2.75) is 38.6 Å². The molecule has 1 aliphatic carbocycles. The molecule has 142 valence electrons. The third-order valence-corrected chi connectivity index (χ3v) is 5.79. The molecule has 3 nitrogen and oxygen atoms in total. The van der Waals surface area contributed by atoms with Gasteiger partial charge in [-0.15, -0.1) is 0 Å². The molecule has 1 fully saturated rings. The van der Waals surface area contributed by atoms with E-state index >= 15 is 0 Å². The summed E-state index contributed by atoms with van der Waals surface area (Å²) in [5.41, 5.74) is 4.73. The molecular formula is C23H27FN2O. The van der Waals surface area contributed by atoms with Gasteiger partial charge in [0.05, 0.1) is 0 Å². The molecule has 27 heavy (non-hydrogen) atoms. The lowest BCUT2D eigenvalue weighted by molar-refractivity contribution is 0.0761. The number of carbonyl (C=O) groups is 1. The van der Waals surface area contributed by atoms with Gasteiger partial charge in [0.1, 0.15) is 5.82 Å². The summed E-state index contributed by atoms with van der Waals surface area (Å²) < 4.78 is 13.1. The number of aryl methyl sites for hydroxylation is 2. The van der Waals surface area contributed by atoms with E-state index < -0.39 is 0 Å². The number of fused-ring (bicyclic) bond motifs is 1. The average molecular weight is 366 g/mol. The van der Waals surface area contributed by atoms with Crippen LogP contribution in [0, 0.1) is 5.82 Å². The summed E-state index contributed by atoms with van der Waals surface area (Å²) in [7, 11) is 0. The fourth-order valence-corrected chi connectivity index (χ4v) is 4.23. The van der Waals surface area contributed by atoms with Gasteiger partial charge in [-0.3, -0.25) is 9.69 Å². The molecule has 0 radical (unpaired) electrons. The van der Waals surface area contributed by atoms with E-state index in [2.05, 4.69) is 17.0 Å². The Hall–Kier alpha value is -2.20. The van der Waals surface area contributed by atoms with Gasteiger partial charge < -0.3 is 4.90 Å². The normalized spacial score (nSPS) is 18.0. The van der Waals surface area contributed by atoms with Crippen molar-refractivity contribution < 1.29 is 9.18 Å². The van der Waals surface area contributed by atoms with Gasteiger partial charge in [0.15, 0.2) is 0 Å². The Morgan fingerprint density at radius 1 is 0.852 bits per heavy atom. The highest BCUT2D eigenvalue weighted by Crippen LogP contribution is 2.23. The summed E-state index contributed by atoms with van der Waals surface area (Å²) in [5, 5.41) is 0. The van der Waals surface area contributed by atoms with E-state index in [-0.39, 0.29) is 11.7 Å². The highest BCUT2D eigenvalue weighted by molar-refractivity contribution is 5.94. The zero-order valence-electron chi connectivity index (χ0n) is 15.8. The third-order valence-electron chi connectivity index (χ3n) is 5.79. The second kappa shape index (κ2) is 8.22. The topological polar surface area (TPSA) is 23.6 Å². The number of hydrogen-bond acceptors (Lipinski definition) is 2. The molecule has 1 aliphatic heterocycles. The SMILES string of the molecule is O=C(c1ccc2c(c1)CCCC2)N1CCCN(Cc2ccc(F)cc2)CC1. The molecule has 0 aromatic heterocycles. The van der Waals surface area contributed by atoms with E-state index in [4.69, 9.17) is 0 Å². The zero-order chi connectivity index (χ0) is 18.6. The number of hydrogen-bond donors (Lipinski definition) is 0. The van der Waals surface area contributed by atoms with Crippen molar-refractivity contribution in [2.24, 2.45) is 0 Å². The Morgan fingerprint density at radius 3 is 2.44 bits per heavy atom. The van der Waals surface area contributed by atoms with E-state index in [0.29, 0.717) is 0 Å². The molecule has 2 aliphatic rings. The monoisotopic (exact) mass is 366 g/mol. The van der Waals surface area contributed by atoms with E-state index in [1.807, 2.05) is 23.1 Å². The molecule has 0 spiro atoms. The van der Waals surface area contributed by atoms with E-state index in [1.165, 1.54) is 36.1 Å². The van der Waals surface area contributed by atoms with Crippen molar-refractivity contribution in [3.63, 3.8) is 0 Å². The number of rotatable bonds is 3. The minimum Gasteiger partial charge on any atom is -0.337 e. The largest absolute Gasteiger partial charge is 0.337 e. The summed E-state index contributed by atoms with van der Waals surface area (Å²) in [6.07, 6.45) is 5.70. The third kappa shape index (κ3) is 4.38. The molecule has 0 bridgehead atoms. The van der Waals surface area contributed by atoms with Crippen LogP contribution in [0.1, 0.15) is 46.3 Å². The van der Waals surface area contributed by atoms with Gasteiger partial charge in [0, 0.05) is 38.3 Å². The van der Waals surface area contributed by atoms with Crippen molar-refractivity contribution in [1.29, 1.82) is 0 Å². The minimum absolute atomic E-state index is 0.159. The van der Waals surface area contributed by atoms with Crippen LogP contribution < -0.4 is 0 Å². The van der Waals surface area contributed by atoms with Crippen LogP contribution >= 0.6 is 0 Å². The van der Waals surface area contributed by atoms with Crippen LogP contribution in [-0.4, -0.2) is 41.9 Å². The van der Waals surface area contributed by atoms with Crippen molar-refractivity contribution >= 4 is 5.91 Å². The van der Waals surface area contributed by atoms with E-state index in [9.17, 15) is 9.18 Å². The highest BCUT2D eigenvalue weighted by atomic mass is 19.1. The van der Waals surface area contributed by atoms with Crippen LogP contribution in [0.3, 0.4) is 0 Å². The van der Waals surface area contributed by atoms with Crippen molar-refractivity contribution in [1.82, 2.24) is 9.80 Å². The van der Waals surface area contributed by atoms with Crippen LogP contribution in [0.5, 0.6) is 0 Å². The van der Waals surface area contributed by atoms with Crippen LogP contribution in [0.4, 0.5) is 4.39 Å². The summed E-state index contributed by atoms with van der Waals surface area (Å²) in [6.45, 7) is 4.17. The predicted octanol–water partition coefficient (Wildman–Crippen LogP) is 4.05. The molecule has 0 N–H and O–H groups in total. The predicted molar refractivity (Wildman–Crippen MR) is 105 cm³/mol. The summed E-state index contributed by atoms with van der Waals surface area (Å²) >= 11 is 0. The molecule has 2 aromatic carbocycles. The molecule has 4 heteroatoms. The molecule has 4 rings (SSSR count). The Kier molecular flexibility index (Phi) is 5.53. The fraction of sp³-hybridized carbons (Fsp3) is 0.435. The first kappa shape index (κ1) is 18.2. The second-order valence-corrected chi connectivity index (χ2v) is 7.74. The molecule has 1 amide bonds. The highest BCUT2D eigenvalue weighted by Gasteiger charge is 2.21. The van der Waals surface area contributed by atoms with E-state index in [1.54, 1.807) is 0 Å². The fourth-order valence-electron chi connectivity index (χ4n) is 4.23. The summed E-state index contributed by atoms with van der Waals surface area (Å²) in [4.78, 5) is 17.4. The van der Waals surface area contributed by atoms with Gasteiger partial charge in [-0.05, 0) is 73.1 Å². The Morgan fingerprint density at radius 2 is 1.63 bits per heavy atom. The molecular weight excluding hydrogens is 339 g/mol. The zero-order valence-corrected chi connectivity index (χ0v) is 15.8. The van der Waals surface area contributed by atoms with E-state index in [0.717, 1.165) is 63.1 Å². The van der Waals surface area contributed by atoms with Gasteiger partial charge in [0.2, 0.25) is 0 Å². The maximum absolute atomic E-state index is 13.1. The maximum Gasteiger partial charge on any atom is 0.253 e. The lowest BCUT2D eigenvalue weighted by atomic mass is 9.90. The number of nitrogens with zero attached hydrogens (tertiary/aromatic N) is 2. The van der Waals surface area contributed by atoms with Gasteiger partial charge in [-0.2, -0.15) is 0 Å². The average Bonchev–Trinajstić information content (AvgIpc) is 2.94. The van der Waals surface area contributed by atoms with Gasteiger partial charge in [-0.25, -0.2) is 4.39 Å². The summed E-state index contributed by atoms with van der Waals surface area (Å²) in [6, 6.07) is 13.0. The first-order valence-electron chi connectivity index (χ1n) is 10.1. The lowest BCUT2D eigenvalue weighted by Crippen LogP contribution is -2.35. The first-order chi connectivity index (χ1) is 13.2. The number of benzene rings is 2. The quantitative estimate of drug-likeness (QED) is 0.818. The van der Waals surface area contributed by atoms with Crippen LogP contribution in [0.25, 0.3) is 0 Å². The Bertz CT molecular complexity index is 803. The van der Waals surface area contributed by atoms with Crippen molar-refractivity contribution in [2.75, 3.05) is 26.2 Å². The molecule has 1 heterocycles. The summed E-state index contributed by atoms with van der Waals surface area (Å²) in [5.74, 6) is -0.0385. The molecule has 2 aromatic rings. The Labute approximate surface area is 160 Å². The second-order valence-electron chi connectivity index (χ2n) is 7.74. The Balaban J connectivity index is 1.38. The van der Waals surface area contributed by atoms with Crippen LogP contribution in [-0.2, 0) is 19.4 Å². The smallest absolute Gasteiger partial charge is 0.253 e. The van der Waals surface area contributed by atoms with Crippen molar-refractivity contribution in [3.8, 4) is 0 Å². The standard InChI is InChI=1S/C23H27FN2O/c24-22-10-6-18(7-11-22)17-25-12-3-13-26(15-14-25)23(27)21-9-8-19-4-1-2-5-20(19)16-21/h6-11,16H,1-5,12-15,17H2. The number of carbonyl (C=O) groups excluding carboxylic acids is 1. The van der Waals surface area contributed by atoms with Crippen LogP contribution in [0.2, 0.25) is 0 Å². The molecule has 1 saturated heterocycles. The van der Waals surface area contributed by atoms with Gasteiger partial charge >= 0.3 is 0 Å².